The van der Waals surface area contributed by atoms with E-state index in [1.165, 1.54) is 19.3 Å². The molecule has 1 aromatic heterocycles. The minimum atomic E-state index is -1.01. The molecule has 2 atom stereocenters. The van der Waals surface area contributed by atoms with Gasteiger partial charge in [-0.3, -0.25) is 4.79 Å². The molecular weight excluding hydrogens is 244 g/mol. The molecule has 0 amide bonds. The summed E-state index contributed by atoms with van der Waals surface area (Å²) in [6, 6.07) is -0.694. The maximum Gasteiger partial charge on any atom is 0.320 e. The van der Waals surface area contributed by atoms with Gasteiger partial charge in [-0.05, 0) is 19.3 Å². The summed E-state index contributed by atoms with van der Waals surface area (Å²) in [4.78, 5) is 10.7. The first kappa shape index (κ1) is 13.7. The molecule has 1 aliphatic rings. The lowest BCUT2D eigenvalue weighted by atomic mass is 10.0. The lowest BCUT2D eigenvalue weighted by Crippen LogP contribution is -2.32. The lowest BCUT2D eigenvalue weighted by Gasteiger charge is -2.14. The largest absolute Gasteiger partial charge is 0.480 e. The monoisotopic (exact) mass is 264 g/mol. The molecule has 0 spiro atoms. The number of carboxylic acid groups (broad SMARTS) is 1. The van der Waals surface area contributed by atoms with Crippen molar-refractivity contribution in [1.29, 1.82) is 0 Å². The Labute approximate surface area is 112 Å². The summed E-state index contributed by atoms with van der Waals surface area (Å²) in [5.41, 5.74) is 6.12. The molecule has 6 nitrogen and oxygen atoms in total. The van der Waals surface area contributed by atoms with Crippen molar-refractivity contribution in [2.45, 2.75) is 50.6 Å². The van der Waals surface area contributed by atoms with Crippen LogP contribution in [0.5, 0.6) is 0 Å². The Morgan fingerprint density at radius 1 is 1.53 bits per heavy atom. The first-order valence-corrected chi connectivity index (χ1v) is 6.72. The van der Waals surface area contributed by atoms with Crippen LogP contribution in [0.4, 0.5) is 0 Å². The Kier molecular flexibility index (Phi) is 4.68. The molecule has 0 aliphatic heterocycles. The molecule has 0 saturated heterocycles. The van der Waals surface area contributed by atoms with Crippen LogP contribution in [0.1, 0.15) is 43.8 Å². The normalized spacial score (nSPS) is 23.3. The summed E-state index contributed by atoms with van der Waals surface area (Å²) < 4.78 is 1.81. The Hall–Kier alpha value is -1.69. The highest BCUT2D eigenvalue weighted by atomic mass is 16.4. The molecule has 1 aromatic rings. The highest BCUT2D eigenvalue weighted by Crippen LogP contribution is 2.20. The van der Waals surface area contributed by atoms with E-state index in [2.05, 4.69) is 22.5 Å². The van der Waals surface area contributed by atoms with Gasteiger partial charge in [-0.25, -0.2) is 4.68 Å². The van der Waals surface area contributed by atoms with Crippen LogP contribution in [0.25, 0.3) is 0 Å². The van der Waals surface area contributed by atoms with E-state index in [0.29, 0.717) is 5.69 Å². The number of hydrogen-bond acceptors (Lipinski definition) is 4. The fraction of sp³-hybridized carbons (Fsp3) is 0.615. The number of hydrogen-bond donors (Lipinski definition) is 2. The second-order valence-corrected chi connectivity index (χ2v) is 4.97. The van der Waals surface area contributed by atoms with Gasteiger partial charge in [0, 0.05) is 12.6 Å². The maximum absolute atomic E-state index is 10.7. The maximum atomic E-state index is 10.7. The molecular formula is C13H20N4O2. The predicted molar refractivity (Wildman–Crippen MR) is 70.6 cm³/mol. The number of aromatic nitrogens is 3. The molecule has 3 N–H and O–H groups in total. The molecule has 104 valence electrons. The first-order valence-electron chi connectivity index (χ1n) is 6.72. The van der Waals surface area contributed by atoms with E-state index in [0.717, 1.165) is 12.8 Å². The smallest absolute Gasteiger partial charge is 0.320 e. The van der Waals surface area contributed by atoms with Gasteiger partial charge in [-0.1, -0.05) is 30.2 Å². The van der Waals surface area contributed by atoms with E-state index >= 15 is 0 Å². The van der Waals surface area contributed by atoms with Crippen LogP contribution in [0.2, 0.25) is 0 Å². The molecule has 19 heavy (non-hydrogen) atoms. The zero-order chi connectivity index (χ0) is 13.7. The fourth-order valence-corrected chi connectivity index (χ4v) is 2.24. The van der Waals surface area contributed by atoms with E-state index in [4.69, 9.17) is 10.8 Å². The van der Waals surface area contributed by atoms with Crippen molar-refractivity contribution >= 4 is 5.97 Å². The molecule has 0 saturated carbocycles. The quantitative estimate of drug-likeness (QED) is 0.799. The number of aliphatic carboxylic acids is 1. The van der Waals surface area contributed by atoms with Gasteiger partial charge in [-0.2, -0.15) is 0 Å². The third kappa shape index (κ3) is 3.89. The number of rotatable bonds is 4. The summed E-state index contributed by atoms with van der Waals surface area (Å²) in [7, 11) is 0. The highest BCUT2D eigenvalue weighted by molar-refractivity contribution is 5.73. The van der Waals surface area contributed by atoms with Crippen molar-refractivity contribution in [3.63, 3.8) is 0 Å². The van der Waals surface area contributed by atoms with Crippen LogP contribution in [0, 0.1) is 0 Å². The summed E-state index contributed by atoms with van der Waals surface area (Å²) >= 11 is 0. The average Bonchev–Trinajstić information content (AvgIpc) is 2.76. The van der Waals surface area contributed by atoms with Crippen LogP contribution in [0.3, 0.4) is 0 Å². The Morgan fingerprint density at radius 2 is 2.37 bits per heavy atom. The van der Waals surface area contributed by atoms with Crippen LogP contribution in [-0.2, 0) is 11.2 Å². The van der Waals surface area contributed by atoms with Gasteiger partial charge in [0.2, 0.25) is 0 Å². The van der Waals surface area contributed by atoms with Crippen molar-refractivity contribution < 1.29 is 9.90 Å². The standard InChI is InChI=1S/C13H20N4O2/c14-12(13(18)19)8-10-9-17(16-15-10)11-6-4-2-1-3-5-7-11/h4,6,9,11-12H,1-3,5,7-8,14H2,(H,18,19)/b6-4-. The van der Waals surface area contributed by atoms with Crippen molar-refractivity contribution in [3.8, 4) is 0 Å². The second kappa shape index (κ2) is 6.47. The Morgan fingerprint density at radius 3 is 3.16 bits per heavy atom. The molecule has 1 heterocycles. The lowest BCUT2D eigenvalue weighted by molar-refractivity contribution is -0.138. The van der Waals surface area contributed by atoms with Crippen molar-refractivity contribution in [3.05, 3.63) is 24.0 Å². The van der Waals surface area contributed by atoms with E-state index in [9.17, 15) is 4.79 Å². The van der Waals surface area contributed by atoms with Gasteiger partial charge in [0.15, 0.2) is 0 Å². The Balaban J connectivity index is 2.02. The topological polar surface area (TPSA) is 94.0 Å². The Bertz CT molecular complexity index is 455. The van der Waals surface area contributed by atoms with Gasteiger partial charge in [-0.15, -0.1) is 5.10 Å². The molecule has 0 fully saturated rings. The molecule has 0 bridgehead atoms. The fourth-order valence-electron chi connectivity index (χ4n) is 2.24. The van der Waals surface area contributed by atoms with E-state index in [1.54, 1.807) is 6.20 Å². The number of carboxylic acids is 1. The highest BCUT2D eigenvalue weighted by Gasteiger charge is 2.16. The van der Waals surface area contributed by atoms with E-state index in [1.807, 2.05) is 4.68 Å². The van der Waals surface area contributed by atoms with Crippen molar-refractivity contribution in [2.24, 2.45) is 5.73 Å². The van der Waals surface area contributed by atoms with E-state index in [-0.39, 0.29) is 12.5 Å². The van der Waals surface area contributed by atoms with E-state index < -0.39 is 12.0 Å². The molecule has 0 radical (unpaired) electrons. The average molecular weight is 264 g/mol. The molecule has 0 aromatic carbocycles. The van der Waals surface area contributed by atoms with Crippen LogP contribution in [0.15, 0.2) is 18.3 Å². The van der Waals surface area contributed by atoms with Crippen LogP contribution < -0.4 is 5.73 Å². The number of carbonyl (C=O) groups is 1. The van der Waals surface area contributed by atoms with Gasteiger partial charge in [0.25, 0.3) is 0 Å². The number of nitrogens with two attached hydrogens (primary N) is 1. The van der Waals surface area contributed by atoms with Gasteiger partial charge in [0.05, 0.1) is 11.7 Å². The molecule has 2 rings (SSSR count). The number of allylic oxidation sites excluding steroid dienone is 2. The molecule has 2 unspecified atom stereocenters. The third-order valence-electron chi connectivity index (χ3n) is 3.37. The summed E-state index contributed by atoms with van der Waals surface area (Å²) in [6.07, 6.45) is 12.2. The van der Waals surface area contributed by atoms with Crippen molar-refractivity contribution in [2.75, 3.05) is 0 Å². The van der Waals surface area contributed by atoms with Crippen LogP contribution >= 0.6 is 0 Å². The second-order valence-electron chi connectivity index (χ2n) is 4.97. The summed E-state index contributed by atoms with van der Waals surface area (Å²) in [6.45, 7) is 0. The molecule has 6 heteroatoms. The first-order chi connectivity index (χ1) is 9.16. The van der Waals surface area contributed by atoms with Crippen LogP contribution in [-0.4, -0.2) is 32.1 Å². The minimum absolute atomic E-state index is 0.214. The van der Waals surface area contributed by atoms with Gasteiger partial charge in [0.1, 0.15) is 6.04 Å². The zero-order valence-electron chi connectivity index (χ0n) is 10.9. The minimum Gasteiger partial charge on any atom is -0.480 e. The summed E-state index contributed by atoms with van der Waals surface area (Å²) in [5.74, 6) is -1.01. The van der Waals surface area contributed by atoms with Crippen molar-refractivity contribution in [1.82, 2.24) is 15.0 Å². The SMILES string of the molecule is NC(Cc1cn(C2/C=C\CCCCC2)nn1)C(=O)O. The van der Waals surface area contributed by atoms with Gasteiger partial charge >= 0.3 is 5.97 Å². The summed E-state index contributed by atoms with van der Waals surface area (Å²) in [5, 5.41) is 16.9. The predicted octanol–water partition coefficient (Wildman–Crippen LogP) is 1.29. The zero-order valence-corrected chi connectivity index (χ0v) is 10.9. The molecule has 1 aliphatic carbocycles. The number of nitrogens with zero attached hydrogens (tertiary/aromatic N) is 3. The third-order valence-corrected chi connectivity index (χ3v) is 3.37. The van der Waals surface area contributed by atoms with Gasteiger partial charge < -0.3 is 10.8 Å².